The molecule has 148 valence electrons. The van der Waals surface area contributed by atoms with Crippen molar-refractivity contribution in [2.75, 3.05) is 21.9 Å². The second-order valence-electron chi connectivity index (χ2n) is 7.36. The molecule has 2 heterocycles. The number of anilines is 2. The van der Waals surface area contributed by atoms with Gasteiger partial charge in [0.15, 0.2) is 0 Å². The lowest BCUT2D eigenvalue weighted by Gasteiger charge is -2.17. The van der Waals surface area contributed by atoms with Gasteiger partial charge in [-0.25, -0.2) is 8.42 Å². The Morgan fingerprint density at radius 3 is 2.52 bits per heavy atom. The van der Waals surface area contributed by atoms with Crippen LogP contribution in [-0.4, -0.2) is 26.6 Å². The average molecular weight is 425 g/mol. The lowest BCUT2D eigenvalue weighted by molar-refractivity contribution is 0.103. The fourth-order valence-corrected chi connectivity index (χ4v) is 6.75. The Kier molecular flexibility index (Phi) is 4.44. The highest BCUT2D eigenvalue weighted by Gasteiger charge is 2.28. The summed E-state index contributed by atoms with van der Waals surface area (Å²) in [7, 11) is -3.20. The molecule has 2 aromatic carbocycles. The average Bonchev–Trinajstić information content (AvgIpc) is 3.32. The van der Waals surface area contributed by atoms with Gasteiger partial charge >= 0.3 is 0 Å². The molecule has 0 unspecified atom stereocenters. The molecule has 29 heavy (non-hydrogen) atoms. The third-order valence-corrected chi connectivity index (χ3v) is 8.55. The molecule has 0 bridgehead atoms. The molecule has 0 radical (unpaired) electrons. The maximum absolute atomic E-state index is 12.8. The van der Waals surface area contributed by atoms with Crippen molar-refractivity contribution in [3.8, 4) is 10.4 Å². The van der Waals surface area contributed by atoms with Gasteiger partial charge in [0.2, 0.25) is 10.0 Å². The first-order valence-electron chi connectivity index (χ1n) is 9.64. The maximum Gasteiger partial charge on any atom is 0.265 e. The predicted octanol–water partition coefficient (Wildman–Crippen LogP) is 4.31. The second-order valence-corrected chi connectivity index (χ2v) is 10.4. The number of hydrogen-bond acceptors (Lipinski definition) is 4. The van der Waals surface area contributed by atoms with Crippen LogP contribution in [0.2, 0.25) is 0 Å². The van der Waals surface area contributed by atoms with Crippen LogP contribution in [0.3, 0.4) is 0 Å². The minimum absolute atomic E-state index is 0.136. The van der Waals surface area contributed by atoms with Gasteiger partial charge in [0.1, 0.15) is 0 Å². The molecule has 1 saturated heterocycles. The molecule has 1 aliphatic carbocycles. The predicted molar refractivity (Wildman–Crippen MR) is 117 cm³/mol. The van der Waals surface area contributed by atoms with Crippen LogP contribution in [0.4, 0.5) is 11.4 Å². The van der Waals surface area contributed by atoms with E-state index in [1.165, 1.54) is 37.2 Å². The monoisotopic (exact) mass is 424 g/mol. The number of hydrogen-bond donors (Lipinski definition) is 1. The summed E-state index contributed by atoms with van der Waals surface area (Å²) in [6.07, 6.45) is 2.60. The number of sulfonamides is 1. The van der Waals surface area contributed by atoms with Crippen molar-refractivity contribution in [3.05, 3.63) is 70.6 Å². The summed E-state index contributed by atoms with van der Waals surface area (Å²) in [5.41, 5.74) is 5.09. The summed E-state index contributed by atoms with van der Waals surface area (Å²) in [6.45, 7) is 0.510. The molecular weight excluding hydrogens is 404 g/mol. The lowest BCUT2D eigenvalue weighted by Crippen LogP contribution is -2.24. The van der Waals surface area contributed by atoms with Crippen molar-refractivity contribution < 1.29 is 13.2 Å². The van der Waals surface area contributed by atoms with E-state index in [1.807, 2.05) is 12.1 Å². The standard InChI is InChI=1S/C22H20N2O3S2/c25-22(20-14-16-7-6-15-4-1-2-5-19(15)21(16)28-20)23-17-8-10-18(11-9-17)24-12-3-13-29(24,26)27/h1-2,4-5,8-11,14H,3,6-7,12-13H2,(H,23,25). The van der Waals surface area contributed by atoms with Crippen LogP contribution in [0.15, 0.2) is 54.6 Å². The second kappa shape index (κ2) is 7.00. The summed E-state index contributed by atoms with van der Waals surface area (Å²) in [4.78, 5) is 14.7. The molecule has 0 saturated carbocycles. The Morgan fingerprint density at radius 2 is 1.76 bits per heavy atom. The van der Waals surface area contributed by atoms with Crippen LogP contribution >= 0.6 is 11.3 Å². The van der Waals surface area contributed by atoms with Crippen molar-refractivity contribution in [2.24, 2.45) is 0 Å². The molecule has 1 aromatic heterocycles. The van der Waals surface area contributed by atoms with Crippen LogP contribution < -0.4 is 9.62 Å². The minimum Gasteiger partial charge on any atom is -0.321 e. The smallest absolute Gasteiger partial charge is 0.265 e. The molecule has 7 heteroatoms. The van der Waals surface area contributed by atoms with Crippen LogP contribution in [0.5, 0.6) is 0 Å². The fourth-order valence-electron chi connectivity index (χ4n) is 4.02. The molecule has 1 aliphatic heterocycles. The Balaban J connectivity index is 1.35. The maximum atomic E-state index is 12.8. The van der Waals surface area contributed by atoms with Gasteiger partial charge in [0.05, 0.1) is 16.3 Å². The van der Waals surface area contributed by atoms with E-state index in [4.69, 9.17) is 0 Å². The third kappa shape index (κ3) is 3.34. The van der Waals surface area contributed by atoms with E-state index in [-0.39, 0.29) is 11.7 Å². The van der Waals surface area contributed by atoms with Crippen molar-refractivity contribution in [1.29, 1.82) is 0 Å². The number of thiophene rings is 1. The van der Waals surface area contributed by atoms with Crippen LogP contribution in [0.1, 0.15) is 27.2 Å². The quantitative estimate of drug-likeness (QED) is 0.681. The molecule has 1 amide bonds. The summed E-state index contributed by atoms with van der Waals surface area (Å²) in [6, 6.07) is 17.4. The molecule has 0 spiro atoms. The van der Waals surface area contributed by atoms with Gasteiger partial charge in [-0.15, -0.1) is 11.3 Å². The van der Waals surface area contributed by atoms with Gasteiger partial charge in [-0.3, -0.25) is 9.10 Å². The summed E-state index contributed by atoms with van der Waals surface area (Å²) >= 11 is 1.53. The van der Waals surface area contributed by atoms with Gasteiger partial charge < -0.3 is 5.32 Å². The van der Waals surface area contributed by atoms with E-state index in [0.717, 1.165) is 12.8 Å². The van der Waals surface area contributed by atoms with Gasteiger partial charge in [-0.2, -0.15) is 0 Å². The number of amides is 1. The largest absolute Gasteiger partial charge is 0.321 e. The number of rotatable bonds is 3. The van der Waals surface area contributed by atoms with E-state index in [9.17, 15) is 13.2 Å². The number of aryl methyl sites for hydroxylation is 2. The van der Waals surface area contributed by atoms with Crippen molar-refractivity contribution >= 4 is 38.6 Å². The van der Waals surface area contributed by atoms with Crippen molar-refractivity contribution in [1.82, 2.24) is 0 Å². The molecule has 1 fully saturated rings. The normalized spacial score (nSPS) is 16.9. The lowest BCUT2D eigenvalue weighted by atomic mass is 9.91. The Morgan fingerprint density at radius 1 is 1.00 bits per heavy atom. The van der Waals surface area contributed by atoms with E-state index >= 15 is 0 Å². The van der Waals surface area contributed by atoms with Crippen molar-refractivity contribution in [3.63, 3.8) is 0 Å². The molecule has 5 nitrogen and oxygen atoms in total. The topological polar surface area (TPSA) is 66.5 Å². The zero-order valence-corrected chi connectivity index (χ0v) is 17.4. The zero-order valence-electron chi connectivity index (χ0n) is 15.7. The van der Waals surface area contributed by atoms with E-state index in [1.54, 1.807) is 24.3 Å². The summed E-state index contributed by atoms with van der Waals surface area (Å²) < 4.78 is 25.5. The molecule has 1 N–H and O–H groups in total. The molecule has 2 aliphatic rings. The van der Waals surface area contributed by atoms with Gasteiger partial charge in [0, 0.05) is 17.1 Å². The number of carbonyl (C=O) groups excluding carboxylic acids is 1. The van der Waals surface area contributed by atoms with Gasteiger partial charge in [0.25, 0.3) is 5.91 Å². The number of nitrogens with one attached hydrogen (secondary N) is 1. The van der Waals surface area contributed by atoms with Crippen LogP contribution in [0, 0.1) is 0 Å². The Labute approximate surface area is 174 Å². The first-order valence-corrected chi connectivity index (χ1v) is 12.1. The van der Waals surface area contributed by atoms with Gasteiger partial charge in [-0.05, 0) is 66.3 Å². The van der Waals surface area contributed by atoms with E-state index in [2.05, 4.69) is 23.5 Å². The van der Waals surface area contributed by atoms with Crippen molar-refractivity contribution in [2.45, 2.75) is 19.3 Å². The third-order valence-electron chi connectivity index (χ3n) is 5.47. The van der Waals surface area contributed by atoms with Gasteiger partial charge in [-0.1, -0.05) is 24.3 Å². The first-order chi connectivity index (χ1) is 14.0. The van der Waals surface area contributed by atoms with E-state index < -0.39 is 10.0 Å². The Bertz CT molecular complexity index is 1200. The highest BCUT2D eigenvalue weighted by atomic mass is 32.2. The molecule has 3 aromatic rings. The summed E-state index contributed by atoms with van der Waals surface area (Å²) in [5, 5.41) is 2.93. The zero-order chi connectivity index (χ0) is 20.0. The highest BCUT2D eigenvalue weighted by Crippen LogP contribution is 2.39. The highest BCUT2D eigenvalue weighted by molar-refractivity contribution is 7.93. The number of benzene rings is 2. The fraction of sp³-hybridized carbons (Fsp3) is 0.227. The molecule has 0 atom stereocenters. The number of carbonyl (C=O) groups is 1. The minimum atomic E-state index is -3.20. The number of nitrogens with zero attached hydrogens (tertiary/aromatic N) is 1. The molecular formula is C22H20N2O3S2. The Hall–Kier alpha value is -2.64. The van der Waals surface area contributed by atoms with Crippen LogP contribution in [-0.2, 0) is 22.9 Å². The van der Waals surface area contributed by atoms with Crippen LogP contribution in [0.25, 0.3) is 10.4 Å². The number of fused-ring (bicyclic) bond motifs is 3. The SMILES string of the molecule is O=C(Nc1ccc(N2CCCS2(=O)=O)cc1)c1cc2c(s1)-c1ccccc1CC2. The molecule has 5 rings (SSSR count). The summed E-state index contributed by atoms with van der Waals surface area (Å²) in [5.74, 6) is 0.0564. The first kappa shape index (κ1) is 18.4. The van der Waals surface area contributed by atoms with E-state index in [0.29, 0.717) is 29.2 Å².